The number of para-hydroxylation sites is 1. The first-order valence-electron chi connectivity index (χ1n) is 11.8. The molecule has 0 fully saturated rings. The summed E-state index contributed by atoms with van der Waals surface area (Å²) in [5, 5.41) is 3.70. The number of hydrogen-bond donors (Lipinski definition) is 1. The first-order chi connectivity index (χ1) is 18.0. The molecule has 3 aromatic carbocycles. The second kappa shape index (κ2) is 13.3. The third kappa shape index (κ3) is 7.86. The molecule has 11 heteroatoms. The van der Waals surface area contributed by atoms with Crippen LogP contribution in [0.3, 0.4) is 0 Å². The number of carbonyl (C=O) groups excluding carboxylic acids is 2. The molecule has 3 rings (SSSR count). The highest BCUT2D eigenvalue weighted by Crippen LogP contribution is 2.28. The average molecular weight is 597 g/mol. The Morgan fingerprint density at radius 1 is 0.921 bits per heavy atom. The van der Waals surface area contributed by atoms with E-state index in [4.69, 9.17) is 34.8 Å². The Labute approximate surface area is 238 Å². The molecule has 2 amide bonds. The number of likely N-dealkylation sites (N-methyl/N-ethyl adjacent to an activating group) is 1. The van der Waals surface area contributed by atoms with Gasteiger partial charge in [0.25, 0.3) is 0 Å². The molecule has 0 saturated carbocycles. The molecule has 1 unspecified atom stereocenters. The molecule has 0 spiro atoms. The number of benzene rings is 3. The van der Waals surface area contributed by atoms with Gasteiger partial charge >= 0.3 is 0 Å². The minimum Gasteiger partial charge on any atom is -0.355 e. The first kappa shape index (κ1) is 29.8. The summed E-state index contributed by atoms with van der Waals surface area (Å²) in [6.45, 7) is 1.51. The van der Waals surface area contributed by atoms with Crippen molar-refractivity contribution in [1.29, 1.82) is 0 Å². The van der Waals surface area contributed by atoms with Crippen LogP contribution in [-0.4, -0.2) is 50.5 Å². The summed E-state index contributed by atoms with van der Waals surface area (Å²) in [7, 11) is -3.91. The van der Waals surface area contributed by atoms with Crippen LogP contribution in [0.25, 0.3) is 0 Å². The summed E-state index contributed by atoms with van der Waals surface area (Å²) >= 11 is 18.8. The fraction of sp³-hybridized carbons (Fsp3) is 0.259. The number of rotatable bonds is 11. The van der Waals surface area contributed by atoms with Crippen molar-refractivity contribution in [1.82, 2.24) is 10.2 Å². The molecule has 7 nitrogen and oxygen atoms in total. The Balaban J connectivity index is 2.08. The molecule has 0 aliphatic carbocycles. The largest absolute Gasteiger partial charge is 0.355 e. The number of nitrogens with zero attached hydrogens (tertiary/aromatic N) is 2. The standard InChI is InChI=1S/C27H28Cl3N3O4S/c1-3-31-27(35)25(15-19-9-5-4-6-10-19)32(17-20-13-14-21(28)16-23(20)30)26(34)18-33(38(2,36)37)24-12-8-7-11-22(24)29/h4-14,16,25H,3,15,17-18H2,1-2H3,(H,31,35). The SMILES string of the molecule is CCNC(=O)C(Cc1ccccc1)N(Cc1ccc(Cl)cc1Cl)C(=O)CN(c1ccccc1Cl)S(C)(=O)=O. The molecular weight excluding hydrogens is 569 g/mol. The second-order valence-electron chi connectivity index (χ2n) is 8.58. The Morgan fingerprint density at radius 3 is 2.18 bits per heavy atom. The van der Waals surface area contributed by atoms with E-state index in [9.17, 15) is 18.0 Å². The molecular formula is C27H28Cl3N3O4S. The number of nitrogens with one attached hydrogen (secondary N) is 1. The highest BCUT2D eigenvalue weighted by molar-refractivity contribution is 7.92. The zero-order valence-electron chi connectivity index (χ0n) is 20.9. The van der Waals surface area contributed by atoms with Crippen molar-refractivity contribution in [2.75, 3.05) is 23.7 Å². The van der Waals surface area contributed by atoms with Crippen LogP contribution in [0.1, 0.15) is 18.1 Å². The van der Waals surface area contributed by atoms with E-state index < -0.39 is 28.5 Å². The Hall–Kier alpha value is -2.78. The van der Waals surface area contributed by atoms with Crippen LogP contribution in [0.2, 0.25) is 15.1 Å². The average Bonchev–Trinajstić information content (AvgIpc) is 2.86. The number of sulfonamides is 1. The van der Waals surface area contributed by atoms with Gasteiger partial charge in [-0.15, -0.1) is 0 Å². The molecule has 38 heavy (non-hydrogen) atoms. The van der Waals surface area contributed by atoms with E-state index in [1.54, 1.807) is 37.3 Å². The lowest BCUT2D eigenvalue weighted by molar-refractivity contribution is -0.140. The number of anilines is 1. The fourth-order valence-corrected chi connectivity index (χ4v) is 5.55. The van der Waals surface area contributed by atoms with Gasteiger partial charge in [-0.2, -0.15) is 0 Å². The van der Waals surface area contributed by atoms with Gasteiger partial charge in [-0.05, 0) is 42.3 Å². The van der Waals surface area contributed by atoms with Crippen LogP contribution in [0.4, 0.5) is 5.69 Å². The van der Waals surface area contributed by atoms with Crippen LogP contribution in [-0.2, 0) is 32.6 Å². The molecule has 0 aliphatic rings. The van der Waals surface area contributed by atoms with E-state index in [0.29, 0.717) is 22.2 Å². The molecule has 202 valence electrons. The van der Waals surface area contributed by atoms with Gasteiger partial charge in [0.15, 0.2) is 0 Å². The fourth-order valence-electron chi connectivity index (χ4n) is 3.93. The van der Waals surface area contributed by atoms with Gasteiger partial charge in [-0.3, -0.25) is 13.9 Å². The highest BCUT2D eigenvalue weighted by Gasteiger charge is 2.33. The van der Waals surface area contributed by atoms with Crippen molar-refractivity contribution < 1.29 is 18.0 Å². The zero-order valence-corrected chi connectivity index (χ0v) is 24.0. The third-order valence-electron chi connectivity index (χ3n) is 5.78. The molecule has 3 aromatic rings. The van der Waals surface area contributed by atoms with Gasteiger partial charge in [0.05, 0.1) is 17.0 Å². The van der Waals surface area contributed by atoms with Crippen molar-refractivity contribution in [3.63, 3.8) is 0 Å². The smallest absolute Gasteiger partial charge is 0.244 e. The van der Waals surface area contributed by atoms with Crippen molar-refractivity contribution >= 4 is 62.3 Å². The van der Waals surface area contributed by atoms with E-state index in [2.05, 4.69) is 5.32 Å². The van der Waals surface area contributed by atoms with Crippen LogP contribution < -0.4 is 9.62 Å². The monoisotopic (exact) mass is 595 g/mol. The number of halogens is 3. The van der Waals surface area contributed by atoms with E-state index in [1.807, 2.05) is 30.3 Å². The van der Waals surface area contributed by atoms with Crippen molar-refractivity contribution in [3.8, 4) is 0 Å². The summed E-state index contributed by atoms with van der Waals surface area (Å²) < 4.78 is 26.5. The predicted octanol–water partition coefficient (Wildman–Crippen LogP) is 5.19. The third-order valence-corrected chi connectivity index (χ3v) is 7.81. The summed E-state index contributed by atoms with van der Waals surface area (Å²) in [4.78, 5) is 28.6. The summed E-state index contributed by atoms with van der Waals surface area (Å²) in [5.74, 6) is -0.980. The predicted molar refractivity (Wildman–Crippen MR) is 153 cm³/mol. The molecule has 1 atom stereocenters. The maximum Gasteiger partial charge on any atom is 0.244 e. The van der Waals surface area contributed by atoms with E-state index >= 15 is 0 Å². The second-order valence-corrected chi connectivity index (χ2v) is 11.7. The number of carbonyl (C=O) groups is 2. The van der Waals surface area contributed by atoms with Crippen LogP contribution in [0.5, 0.6) is 0 Å². The lowest BCUT2D eigenvalue weighted by Gasteiger charge is -2.33. The summed E-state index contributed by atoms with van der Waals surface area (Å²) in [5.41, 5.74) is 1.54. The van der Waals surface area contributed by atoms with Gasteiger partial charge in [0.1, 0.15) is 12.6 Å². The molecule has 0 bridgehead atoms. The molecule has 1 N–H and O–H groups in total. The molecule has 0 saturated heterocycles. The van der Waals surface area contributed by atoms with Crippen LogP contribution in [0.15, 0.2) is 72.8 Å². The molecule has 0 heterocycles. The number of hydrogen-bond acceptors (Lipinski definition) is 4. The topological polar surface area (TPSA) is 86.8 Å². The molecule has 0 radical (unpaired) electrons. The Morgan fingerprint density at radius 2 is 1.58 bits per heavy atom. The molecule has 0 aromatic heterocycles. The maximum absolute atomic E-state index is 13.9. The zero-order chi connectivity index (χ0) is 27.9. The van der Waals surface area contributed by atoms with Crippen LogP contribution >= 0.6 is 34.8 Å². The lowest BCUT2D eigenvalue weighted by Crippen LogP contribution is -2.53. The first-order valence-corrected chi connectivity index (χ1v) is 14.8. The molecule has 0 aliphatic heterocycles. The van der Waals surface area contributed by atoms with Crippen molar-refractivity contribution in [3.05, 3.63) is 99.0 Å². The van der Waals surface area contributed by atoms with Gasteiger partial charge in [-0.1, -0.05) is 83.3 Å². The quantitative estimate of drug-likeness (QED) is 0.330. The maximum atomic E-state index is 13.9. The van der Waals surface area contributed by atoms with Crippen LogP contribution in [0, 0.1) is 0 Å². The van der Waals surface area contributed by atoms with Gasteiger partial charge in [-0.25, -0.2) is 8.42 Å². The van der Waals surface area contributed by atoms with E-state index in [1.165, 1.54) is 17.0 Å². The van der Waals surface area contributed by atoms with Gasteiger partial charge in [0.2, 0.25) is 21.8 Å². The number of amides is 2. The normalized spacial score (nSPS) is 12.0. The summed E-state index contributed by atoms with van der Waals surface area (Å²) in [6, 6.07) is 19.5. The van der Waals surface area contributed by atoms with E-state index in [-0.39, 0.29) is 29.6 Å². The Bertz CT molecular complexity index is 1390. The van der Waals surface area contributed by atoms with Crippen molar-refractivity contribution in [2.24, 2.45) is 0 Å². The minimum atomic E-state index is -3.91. The van der Waals surface area contributed by atoms with Gasteiger partial charge in [0, 0.05) is 29.6 Å². The highest BCUT2D eigenvalue weighted by atomic mass is 35.5. The van der Waals surface area contributed by atoms with Gasteiger partial charge < -0.3 is 10.2 Å². The lowest BCUT2D eigenvalue weighted by atomic mass is 10.0. The van der Waals surface area contributed by atoms with E-state index in [0.717, 1.165) is 16.1 Å². The minimum absolute atomic E-state index is 0.0520. The summed E-state index contributed by atoms with van der Waals surface area (Å²) in [6.07, 6.45) is 1.20. The Kier molecular flexibility index (Phi) is 10.4. The van der Waals surface area contributed by atoms with Crippen molar-refractivity contribution in [2.45, 2.75) is 25.9 Å².